The molecular weight excluding hydrogens is 248 g/mol. The molecule has 0 aromatic heterocycles. The molecule has 20 heavy (non-hydrogen) atoms. The molecule has 0 saturated carbocycles. The van der Waals surface area contributed by atoms with Gasteiger partial charge in [0.05, 0.1) is 14.2 Å². The number of ether oxygens (including phenoxy) is 2. The Morgan fingerprint density at radius 3 is 1.60 bits per heavy atom. The third-order valence-corrected chi connectivity index (χ3v) is 4.01. The Kier molecular flexibility index (Phi) is 2.27. The molecule has 98 valence electrons. The summed E-state index contributed by atoms with van der Waals surface area (Å²) in [5, 5.41) is 2.59. The molecule has 0 saturated heterocycles. The van der Waals surface area contributed by atoms with E-state index < -0.39 is 0 Å². The summed E-state index contributed by atoms with van der Waals surface area (Å²) in [6.07, 6.45) is 0. The van der Waals surface area contributed by atoms with Crippen LogP contribution in [0.3, 0.4) is 0 Å². The lowest BCUT2D eigenvalue weighted by atomic mass is 10.0. The molecule has 0 amide bonds. The molecule has 2 heteroatoms. The standard InChI is InChI=1S/C18H14O2/c1-19-16-9-14-12-7-3-5-11-6-4-8-13(18(11)12)15(14)10-17(16)20-2/h3-10H,1-2H3. The number of methoxy groups -OCH3 is 2. The van der Waals surface area contributed by atoms with E-state index in [4.69, 9.17) is 9.47 Å². The van der Waals surface area contributed by atoms with Crippen molar-refractivity contribution < 1.29 is 9.47 Å². The fourth-order valence-corrected chi connectivity index (χ4v) is 3.11. The van der Waals surface area contributed by atoms with E-state index in [0.29, 0.717) is 0 Å². The predicted molar refractivity (Wildman–Crippen MR) is 81.5 cm³/mol. The van der Waals surface area contributed by atoms with Crippen molar-refractivity contribution in [2.24, 2.45) is 0 Å². The fourth-order valence-electron chi connectivity index (χ4n) is 3.11. The molecule has 0 aliphatic heterocycles. The third-order valence-electron chi connectivity index (χ3n) is 4.01. The Hall–Kier alpha value is -2.48. The zero-order valence-corrected chi connectivity index (χ0v) is 11.4. The maximum atomic E-state index is 5.43. The smallest absolute Gasteiger partial charge is 0.161 e. The first-order valence-electron chi connectivity index (χ1n) is 6.62. The van der Waals surface area contributed by atoms with Gasteiger partial charge in [0, 0.05) is 0 Å². The van der Waals surface area contributed by atoms with Gasteiger partial charge in [-0.25, -0.2) is 0 Å². The molecule has 0 radical (unpaired) electrons. The SMILES string of the molecule is COc1cc2c(cc1OC)-c1cccc3cccc-2c13. The van der Waals surface area contributed by atoms with Gasteiger partial charge in [-0.15, -0.1) is 0 Å². The van der Waals surface area contributed by atoms with Gasteiger partial charge >= 0.3 is 0 Å². The van der Waals surface area contributed by atoms with Crippen molar-refractivity contribution in [3.05, 3.63) is 48.5 Å². The molecule has 0 bridgehead atoms. The molecular formula is C18H14O2. The zero-order chi connectivity index (χ0) is 13.7. The second-order valence-electron chi connectivity index (χ2n) is 4.96. The van der Waals surface area contributed by atoms with E-state index in [-0.39, 0.29) is 0 Å². The summed E-state index contributed by atoms with van der Waals surface area (Å²) in [6, 6.07) is 17.0. The Morgan fingerprint density at radius 1 is 0.650 bits per heavy atom. The minimum atomic E-state index is 0.774. The second kappa shape index (κ2) is 4.01. The first kappa shape index (κ1) is 11.4. The Labute approximate surface area is 117 Å². The van der Waals surface area contributed by atoms with Crippen LogP contribution in [0.25, 0.3) is 33.0 Å². The van der Waals surface area contributed by atoms with E-state index >= 15 is 0 Å². The molecule has 3 aromatic carbocycles. The van der Waals surface area contributed by atoms with Crippen LogP contribution in [0, 0.1) is 0 Å². The van der Waals surface area contributed by atoms with Crippen LogP contribution in [0.4, 0.5) is 0 Å². The van der Waals surface area contributed by atoms with Crippen molar-refractivity contribution in [2.45, 2.75) is 0 Å². The lowest BCUT2D eigenvalue weighted by molar-refractivity contribution is 0.355. The monoisotopic (exact) mass is 262 g/mol. The van der Waals surface area contributed by atoms with Gasteiger partial charge in [-0.2, -0.15) is 0 Å². The van der Waals surface area contributed by atoms with Gasteiger partial charge in [0.15, 0.2) is 11.5 Å². The van der Waals surface area contributed by atoms with E-state index in [1.54, 1.807) is 14.2 Å². The number of hydrogen-bond acceptors (Lipinski definition) is 2. The summed E-state index contributed by atoms with van der Waals surface area (Å²) in [7, 11) is 3.35. The first-order valence-corrected chi connectivity index (χ1v) is 6.62. The molecule has 1 aliphatic carbocycles. The highest BCUT2D eigenvalue weighted by molar-refractivity contribution is 6.15. The minimum Gasteiger partial charge on any atom is -0.493 e. The van der Waals surface area contributed by atoms with Crippen LogP contribution in [-0.2, 0) is 0 Å². The normalized spacial score (nSPS) is 11.5. The van der Waals surface area contributed by atoms with Crippen LogP contribution < -0.4 is 9.47 Å². The van der Waals surface area contributed by atoms with E-state index in [0.717, 1.165) is 11.5 Å². The average Bonchev–Trinajstić information content (AvgIpc) is 2.82. The van der Waals surface area contributed by atoms with Gasteiger partial charge in [0.1, 0.15) is 0 Å². The Morgan fingerprint density at radius 2 is 1.15 bits per heavy atom. The summed E-state index contributed by atoms with van der Waals surface area (Å²) in [6.45, 7) is 0. The number of benzene rings is 3. The summed E-state index contributed by atoms with van der Waals surface area (Å²) < 4.78 is 10.9. The summed E-state index contributed by atoms with van der Waals surface area (Å²) in [5.74, 6) is 1.55. The maximum Gasteiger partial charge on any atom is 0.161 e. The highest BCUT2D eigenvalue weighted by atomic mass is 16.5. The highest BCUT2D eigenvalue weighted by Crippen LogP contribution is 2.50. The van der Waals surface area contributed by atoms with Gasteiger partial charge in [-0.05, 0) is 45.2 Å². The number of rotatable bonds is 2. The van der Waals surface area contributed by atoms with Gasteiger partial charge in [0.25, 0.3) is 0 Å². The van der Waals surface area contributed by atoms with Gasteiger partial charge in [-0.3, -0.25) is 0 Å². The summed E-state index contributed by atoms with van der Waals surface area (Å²) in [5.41, 5.74) is 4.98. The van der Waals surface area contributed by atoms with E-state index in [9.17, 15) is 0 Å². The molecule has 0 N–H and O–H groups in total. The highest BCUT2D eigenvalue weighted by Gasteiger charge is 2.23. The maximum absolute atomic E-state index is 5.43. The molecule has 0 spiro atoms. The van der Waals surface area contributed by atoms with Crippen LogP contribution in [-0.4, -0.2) is 14.2 Å². The number of hydrogen-bond donors (Lipinski definition) is 0. The molecule has 0 atom stereocenters. The molecule has 4 rings (SSSR count). The quantitative estimate of drug-likeness (QED) is 0.529. The topological polar surface area (TPSA) is 18.5 Å². The largest absolute Gasteiger partial charge is 0.493 e. The van der Waals surface area contributed by atoms with Crippen molar-refractivity contribution in [3.8, 4) is 33.8 Å². The van der Waals surface area contributed by atoms with Crippen LogP contribution in [0.5, 0.6) is 11.5 Å². The summed E-state index contributed by atoms with van der Waals surface area (Å²) >= 11 is 0. The van der Waals surface area contributed by atoms with E-state index in [1.807, 2.05) is 0 Å². The van der Waals surface area contributed by atoms with Crippen LogP contribution >= 0.6 is 0 Å². The lowest BCUT2D eigenvalue weighted by Crippen LogP contribution is -1.91. The van der Waals surface area contributed by atoms with Gasteiger partial charge < -0.3 is 9.47 Å². The Bertz CT molecular complexity index is 768. The third kappa shape index (κ3) is 1.33. The molecule has 3 aromatic rings. The second-order valence-corrected chi connectivity index (χ2v) is 4.96. The fraction of sp³-hybridized carbons (Fsp3) is 0.111. The van der Waals surface area contributed by atoms with E-state index in [2.05, 4.69) is 48.5 Å². The van der Waals surface area contributed by atoms with Crippen LogP contribution in [0.2, 0.25) is 0 Å². The van der Waals surface area contributed by atoms with Crippen molar-refractivity contribution in [1.82, 2.24) is 0 Å². The predicted octanol–water partition coefficient (Wildman–Crippen LogP) is 4.50. The molecule has 0 unspecified atom stereocenters. The van der Waals surface area contributed by atoms with Crippen LogP contribution in [0.15, 0.2) is 48.5 Å². The minimum absolute atomic E-state index is 0.774. The number of fused-ring (bicyclic) bond motifs is 3. The molecule has 0 heterocycles. The molecule has 2 nitrogen and oxygen atoms in total. The van der Waals surface area contributed by atoms with Gasteiger partial charge in [0.2, 0.25) is 0 Å². The first-order chi connectivity index (χ1) is 9.83. The summed E-state index contributed by atoms with van der Waals surface area (Å²) in [4.78, 5) is 0. The molecule has 1 aliphatic rings. The van der Waals surface area contributed by atoms with Crippen molar-refractivity contribution in [3.63, 3.8) is 0 Å². The van der Waals surface area contributed by atoms with Crippen molar-refractivity contribution >= 4 is 10.8 Å². The van der Waals surface area contributed by atoms with E-state index in [1.165, 1.54) is 33.0 Å². The average molecular weight is 262 g/mol. The van der Waals surface area contributed by atoms with Crippen molar-refractivity contribution in [2.75, 3.05) is 14.2 Å². The Balaban J connectivity index is 2.13. The lowest BCUT2D eigenvalue weighted by Gasteiger charge is -2.11. The van der Waals surface area contributed by atoms with Crippen molar-refractivity contribution in [1.29, 1.82) is 0 Å². The van der Waals surface area contributed by atoms with Gasteiger partial charge in [-0.1, -0.05) is 36.4 Å². The van der Waals surface area contributed by atoms with Crippen LogP contribution in [0.1, 0.15) is 0 Å². The zero-order valence-electron chi connectivity index (χ0n) is 11.4. The molecule has 0 fully saturated rings.